The second kappa shape index (κ2) is 10.1. The summed E-state index contributed by atoms with van der Waals surface area (Å²) < 4.78 is 5.29. The lowest BCUT2D eigenvalue weighted by Crippen LogP contribution is -2.55. The van der Waals surface area contributed by atoms with E-state index in [0.717, 1.165) is 38.5 Å². The minimum Gasteiger partial charge on any atom is -0.497 e. The van der Waals surface area contributed by atoms with Gasteiger partial charge in [-0.3, -0.25) is 9.80 Å². The number of likely N-dealkylation sites (tertiary alicyclic amines) is 1. The summed E-state index contributed by atoms with van der Waals surface area (Å²) in [6.45, 7) is 10.3. The van der Waals surface area contributed by atoms with E-state index in [1.54, 1.807) is 7.11 Å². The van der Waals surface area contributed by atoms with Crippen molar-refractivity contribution in [3.8, 4) is 5.75 Å². The predicted molar refractivity (Wildman–Crippen MR) is 126 cm³/mol. The van der Waals surface area contributed by atoms with Gasteiger partial charge < -0.3 is 9.64 Å². The third kappa shape index (κ3) is 5.44. The Morgan fingerprint density at radius 2 is 1.70 bits per heavy atom. The molecule has 0 bridgehead atoms. The van der Waals surface area contributed by atoms with Gasteiger partial charge in [0.15, 0.2) is 0 Å². The molecule has 30 heavy (non-hydrogen) atoms. The number of hydrogen-bond acceptors (Lipinski definition) is 4. The highest BCUT2D eigenvalue weighted by Gasteiger charge is 2.28. The van der Waals surface area contributed by atoms with E-state index < -0.39 is 0 Å². The molecule has 2 heterocycles. The molecule has 0 aromatic heterocycles. The van der Waals surface area contributed by atoms with Crippen molar-refractivity contribution in [2.75, 3.05) is 57.8 Å². The minimum absolute atomic E-state index is 0.696. The van der Waals surface area contributed by atoms with Crippen LogP contribution in [0.15, 0.2) is 60.2 Å². The van der Waals surface area contributed by atoms with Crippen LogP contribution in [-0.4, -0.2) is 68.8 Å². The topological polar surface area (TPSA) is 19.0 Å². The number of nitrogens with zero attached hydrogens (tertiary/aromatic N) is 3. The summed E-state index contributed by atoms with van der Waals surface area (Å²) in [5.41, 5.74) is 4.06. The molecule has 160 valence electrons. The Balaban J connectivity index is 1.28. The molecule has 2 aliphatic rings. The van der Waals surface area contributed by atoms with Crippen molar-refractivity contribution < 1.29 is 4.74 Å². The van der Waals surface area contributed by atoms with E-state index in [-0.39, 0.29) is 0 Å². The molecule has 4 heteroatoms. The number of rotatable bonds is 6. The summed E-state index contributed by atoms with van der Waals surface area (Å²) in [6, 6.07) is 19.9. The average Bonchev–Trinajstić information content (AvgIpc) is 2.80. The standard InChI is InChI=1S/C26H35N3O/c1-22(19-23-7-4-3-5-8-23)20-27-14-6-9-25(21-27)29-17-15-28(16-18-29)24-10-12-26(30-2)13-11-24/h3-5,7-8,10-13,19,25H,6,9,14-18,20-21H2,1-2H3/b22-19+/t25-/m1/s1. The zero-order valence-electron chi connectivity index (χ0n) is 18.5. The molecule has 0 saturated carbocycles. The van der Waals surface area contributed by atoms with Crippen molar-refractivity contribution in [3.63, 3.8) is 0 Å². The van der Waals surface area contributed by atoms with E-state index in [9.17, 15) is 0 Å². The van der Waals surface area contributed by atoms with E-state index in [0.29, 0.717) is 6.04 Å². The van der Waals surface area contributed by atoms with E-state index in [1.807, 2.05) is 0 Å². The van der Waals surface area contributed by atoms with Crippen LogP contribution in [-0.2, 0) is 0 Å². The van der Waals surface area contributed by atoms with Crippen LogP contribution in [0, 0.1) is 0 Å². The van der Waals surface area contributed by atoms with Crippen molar-refractivity contribution in [1.29, 1.82) is 0 Å². The molecule has 1 atom stereocenters. The average molecular weight is 406 g/mol. The summed E-state index contributed by atoms with van der Waals surface area (Å²) in [7, 11) is 1.72. The molecule has 2 aliphatic heterocycles. The van der Waals surface area contributed by atoms with Gasteiger partial charge in [-0.2, -0.15) is 0 Å². The van der Waals surface area contributed by atoms with Gasteiger partial charge in [0.05, 0.1) is 7.11 Å². The largest absolute Gasteiger partial charge is 0.497 e. The molecular weight excluding hydrogens is 370 g/mol. The van der Waals surface area contributed by atoms with E-state index in [4.69, 9.17) is 4.74 Å². The summed E-state index contributed by atoms with van der Waals surface area (Å²) in [6.07, 6.45) is 4.97. The lowest BCUT2D eigenvalue weighted by atomic mass is 10.0. The second-order valence-electron chi connectivity index (χ2n) is 8.65. The molecule has 0 radical (unpaired) electrons. The van der Waals surface area contributed by atoms with Crippen LogP contribution >= 0.6 is 0 Å². The van der Waals surface area contributed by atoms with Crippen LogP contribution < -0.4 is 9.64 Å². The molecule has 2 fully saturated rings. The molecule has 2 aromatic rings. The third-order valence-corrected chi connectivity index (χ3v) is 6.43. The van der Waals surface area contributed by atoms with Crippen LogP contribution in [0.2, 0.25) is 0 Å². The first-order chi connectivity index (χ1) is 14.7. The van der Waals surface area contributed by atoms with Crippen molar-refractivity contribution in [2.45, 2.75) is 25.8 Å². The first kappa shape index (κ1) is 21.0. The molecule has 2 aromatic carbocycles. The van der Waals surface area contributed by atoms with Gasteiger partial charge in [-0.15, -0.1) is 0 Å². The Labute approximate surface area is 181 Å². The smallest absolute Gasteiger partial charge is 0.119 e. The summed E-state index contributed by atoms with van der Waals surface area (Å²) in [5.74, 6) is 0.927. The third-order valence-electron chi connectivity index (χ3n) is 6.43. The van der Waals surface area contributed by atoms with Gasteiger partial charge in [0.1, 0.15) is 5.75 Å². The maximum Gasteiger partial charge on any atom is 0.119 e. The van der Waals surface area contributed by atoms with E-state index >= 15 is 0 Å². The Morgan fingerprint density at radius 1 is 0.967 bits per heavy atom. The summed E-state index contributed by atoms with van der Waals surface area (Å²) >= 11 is 0. The number of ether oxygens (including phenoxy) is 1. The quantitative estimate of drug-likeness (QED) is 0.710. The first-order valence-corrected chi connectivity index (χ1v) is 11.3. The molecule has 0 spiro atoms. The van der Waals surface area contributed by atoms with Gasteiger partial charge in [-0.1, -0.05) is 42.0 Å². The fourth-order valence-corrected chi connectivity index (χ4v) is 4.84. The summed E-state index contributed by atoms with van der Waals surface area (Å²) in [4.78, 5) is 7.88. The Bertz CT molecular complexity index is 810. The van der Waals surface area contributed by atoms with Gasteiger partial charge in [-0.05, 0) is 56.1 Å². The molecule has 0 aliphatic carbocycles. The van der Waals surface area contributed by atoms with Crippen molar-refractivity contribution in [2.24, 2.45) is 0 Å². The molecule has 4 rings (SSSR count). The lowest BCUT2D eigenvalue weighted by molar-refractivity contribution is 0.0978. The minimum atomic E-state index is 0.696. The number of piperazine rings is 1. The number of benzene rings is 2. The zero-order chi connectivity index (χ0) is 20.8. The van der Waals surface area contributed by atoms with Gasteiger partial charge >= 0.3 is 0 Å². The second-order valence-corrected chi connectivity index (χ2v) is 8.65. The highest BCUT2D eigenvalue weighted by Crippen LogP contribution is 2.23. The zero-order valence-corrected chi connectivity index (χ0v) is 18.5. The molecule has 0 N–H and O–H groups in total. The fraction of sp³-hybridized carbons (Fsp3) is 0.462. The van der Waals surface area contributed by atoms with Gasteiger partial charge in [-0.25, -0.2) is 0 Å². The van der Waals surface area contributed by atoms with Crippen LogP contribution in [0.1, 0.15) is 25.3 Å². The number of methoxy groups -OCH3 is 1. The number of hydrogen-bond donors (Lipinski definition) is 0. The predicted octanol–water partition coefficient (Wildman–Crippen LogP) is 4.39. The van der Waals surface area contributed by atoms with Gasteiger partial charge in [0, 0.05) is 51.0 Å². The highest BCUT2D eigenvalue weighted by molar-refractivity contribution is 5.52. The van der Waals surface area contributed by atoms with Gasteiger partial charge in [0.2, 0.25) is 0 Å². The van der Waals surface area contributed by atoms with Crippen LogP contribution in [0.25, 0.3) is 6.08 Å². The molecule has 0 unspecified atom stereocenters. The van der Waals surface area contributed by atoms with E-state index in [1.165, 1.54) is 42.8 Å². The normalized spacial score (nSPS) is 21.6. The van der Waals surface area contributed by atoms with Crippen LogP contribution in [0.3, 0.4) is 0 Å². The van der Waals surface area contributed by atoms with Gasteiger partial charge in [0.25, 0.3) is 0 Å². The Morgan fingerprint density at radius 3 is 2.40 bits per heavy atom. The fourth-order valence-electron chi connectivity index (χ4n) is 4.84. The SMILES string of the molecule is COc1ccc(N2CCN([C@@H]3CCCN(C/C(C)=C/c4ccccc4)C3)CC2)cc1. The van der Waals surface area contributed by atoms with Crippen LogP contribution in [0.4, 0.5) is 5.69 Å². The molecule has 0 amide bonds. The van der Waals surface area contributed by atoms with Crippen molar-refractivity contribution >= 4 is 11.8 Å². The Kier molecular flexibility index (Phi) is 7.08. The van der Waals surface area contributed by atoms with Crippen LogP contribution in [0.5, 0.6) is 5.75 Å². The van der Waals surface area contributed by atoms with E-state index in [2.05, 4.69) is 82.3 Å². The maximum atomic E-state index is 5.29. The van der Waals surface area contributed by atoms with Crippen molar-refractivity contribution in [1.82, 2.24) is 9.80 Å². The lowest BCUT2D eigenvalue weighted by Gasteiger charge is -2.44. The summed E-state index contributed by atoms with van der Waals surface area (Å²) in [5, 5.41) is 0. The Hall–Kier alpha value is -2.30. The monoisotopic (exact) mass is 405 g/mol. The highest BCUT2D eigenvalue weighted by atomic mass is 16.5. The molecule has 4 nitrogen and oxygen atoms in total. The number of anilines is 1. The molecular formula is C26H35N3O. The maximum absolute atomic E-state index is 5.29. The molecule has 2 saturated heterocycles. The first-order valence-electron chi connectivity index (χ1n) is 11.3. The van der Waals surface area contributed by atoms with Crippen molar-refractivity contribution in [3.05, 3.63) is 65.7 Å². The number of piperidine rings is 1.